The molecule has 1 amide bonds. The predicted molar refractivity (Wildman–Crippen MR) is 100 cm³/mol. The second kappa shape index (κ2) is 10.4. The number of hydrogen-bond donors (Lipinski definition) is 1. The normalized spacial score (nSPS) is 11.7. The molecule has 0 aliphatic heterocycles. The van der Waals surface area contributed by atoms with Crippen molar-refractivity contribution < 1.29 is 18.7 Å². The van der Waals surface area contributed by atoms with E-state index in [4.69, 9.17) is 9.47 Å². The summed E-state index contributed by atoms with van der Waals surface area (Å²) in [5.41, 5.74) is 1.14. The van der Waals surface area contributed by atoms with Crippen molar-refractivity contribution in [2.24, 2.45) is 0 Å². The standard InChI is InChI=1S/C21H26FNO3/c1-3-15-25-20-9-5-4-7-17(20)8-6-14-23-21(24)16(2)26-19-12-10-18(22)11-13-19/h4-5,7,9-13,16H,3,6,8,14-15H2,1-2H3,(H,23,24). The van der Waals surface area contributed by atoms with Crippen LogP contribution in [0.3, 0.4) is 0 Å². The lowest BCUT2D eigenvalue weighted by Gasteiger charge is -2.15. The lowest BCUT2D eigenvalue weighted by molar-refractivity contribution is -0.127. The summed E-state index contributed by atoms with van der Waals surface area (Å²) >= 11 is 0. The van der Waals surface area contributed by atoms with Gasteiger partial charge in [0.2, 0.25) is 0 Å². The van der Waals surface area contributed by atoms with Crippen molar-refractivity contribution in [2.45, 2.75) is 39.2 Å². The SMILES string of the molecule is CCCOc1ccccc1CCCNC(=O)C(C)Oc1ccc(F)cc1. The van der Waals surface area contributed by atoms with E-state index < -0.39 is 6.10 Å². The first-order valence-electron chi connectivity index (χ1n) is 9.00. The van der Waals surface area contributed by atoms with E-state index in [9.17, 15) is 9.18 Å². The van der Waals surface area contributed by atoms with Gasteiger partial charge in [0.1, 0.15) is 17.3 Å². The Morgan fingerprint density at radius 2 is 1.88 bits per heavy atom. The summed E-state index contributed by atoms with van der Waals surface area (Å²) < 4.78 is 24.1. The molecule has 0 aromatic heterocycles. The van der Waals surface area contributed by atoms with E-state index in [0.29, 0.717) is 18.9 Å². The molecule has 4 nitrogen and oxygen atoms in total. The van der Waals surface area contributed by atoms with Crippen LogP contribution in [0.25, 0.3) is 0 Å². The summed E-state index contributed by atoms with van der Waals surface area (Å²) in [7, 11) is 0. The first-order chi connectivity index (χ1) is 12.6. The van der Waals surface area contributed by atoms with Crippen LogP contribution in [0.4, 0.5) is 4.39 Å². The molecule has 0 bridgehead atoms. The molecule has 0 heterocycles. The Bertz CT molecular complexity index is 688. The van der Waals surface area contributed by atoms with Gasteiger partial charge in [0, 0.05) is 6.54 Å². The Morgan fingerprint density at radius 1 is 1.15 bits per heavy atom. The molecule has 2 aromatic rings. The number of carbonyl (C=O) groups is 1. The average Bonchev–Trinajstić information content (AvgIpc) is 2.66. The van der Waals surface area contributed by atoms with Crippen LogP contribution in [0.5, 0.6) is 11.5 Å². The molecule has 140 valence electrons. The average molecular weight is 359 g/mol. The zero-order valence-corrected chi connectivity index (χ0v) is 15.3. The summed E-state index contributed by atoms with van der Waals surface area (Å²) in [6.07, 6.45) is 1.96. The van der Waals surface area contributed by atoms with Gasteiger partial charge >= 0.3 is 0 Å². The van der Waals surface area contributed by atoms with Crippen LogP contribution < -0.4 is 14.8 Å². The second-order valence-electron chi connectivity index (χ2n) is 6.06. The summed E-state index contributed by atoms with van der Waals surface area (Å²) in [4.78, 5) is 12.1. The lowest BCUT2D eigenvalue weighted by Crippen LogP contribution is -2.36. The Balaban J connectivity index is 1.73. The van der Waals surface area contributed by atoms with E-state index in [-0.39, 0.29) is 11.7 Å². The maximum Gasteiger partial charge on any atom is 0.260 e. The van der Waals surface area contributed by atoms with Gasteiger partial charge in [0.05, 0.1) is 6.61 Å². The van der Waals surface area contributed by atoms with E-state index >= 15 is 0 Å². The second-order valence-corrected chi connectivity index (χ2v) is 6.06. The molecule has 0 aliphatic rings. The third-order valence-corrected chi connectivity index (χ3v) is 3.85. The highest BCUT2D eigenvalue weighted by Gasteiger charge is 2.14. The van der Waals surface area contributed by atoms with Crippen LogP contribution in [-0.2, 0) is 11.2 Å². The van der Waals surface area contributed by atoms with Gasteiger partial charge < -0.3 is 14.8 Å². The molecule has 2 aromatic carbocycles. The number of amides is 1. The molecule has 26 heavy (non-hydrogen) atoms. The Labute approximate surface area is 154 Å². The van der Waals surface area contributed by atoms with Crippen molar-refractivity contribution in [1.82, 2.24) is 5.32 Å². The molecule has 0 aliphatic carbocycles. The number of nitrogens with one attached hydrogen (secondary N) is 1. The largest absolute Gasteiger partial charge is 0.493 e. The molecule has 5 heteroatoms. The number of benzene rings is 2. The van der Waals surface area contributed by atoms with Gasteiger partial charge in [-0.15, -0.1) is 0 Å². The fourth-order valence-corrected chi connectivity index (χ4v) is 2.47. The summed E-state index contributed by atoms with van der Waals surface area (Å²) in [6, 6.07) is 13.6. The van der Waals surface area contributed by atoms with Gasteiger partial charge in [-0.25, -0.2) is 4.39 Å². The minimum absolute atomic E-state index is 0.190. The van der Waals surface area contributed by atoms with Crippen molar-refractivity contribution in [3.05, 3.63) is 59.9 Å². The molecular formula is C21H26FNO3. The number of hydrogen-bond acceptors (Lipinski definition) is 3. The number of para-hydroxylation sites is 1. The van der Waals surface area contributed by atoms with Crippen molar-refractivity contribution >= 4 is 5.91 Å². The van der Waals surface area contributed by atoms with Gasteiger partial charge in [0.15, 0.2) is 6.10 Å². The highest BCUT2D eigenvalue weighted by atomic mass is 19.1. The van der Waals surface area contributed by atoms with Crippen LogP contribution in [-0.4, -0.2) is 25.2 Å². The summed E-state index contributed by atoms with van der Waals surface area (Å²) in [5, 5.41) is 2.87. The van der Waals surface area contributed by atoms with Crippen LogP contribution in [0.1, 0.15) is 32.3 Å². The summed E-state index contributed by atoms with van der Waals surface area (Å²) in [6.45, 7) is 5.00. The first-order valence-corrected chi connectivity index (χ1v) is 9.00. The van der Waals surface area contributed by atoms with Crippen LogP contribution in [0.15, 0.2) is 48.5 Å². The number of aryl methyl sites for hydroxylation is 1. The fraction of sp³-hybridized carbons (Fsp3) is 0.381. The maximum atomic E-state index is 12.9. The monoisotopic (exact) mass is 359 g/mol. The molecule has 1 N–H and O–H groups in total. The Kier molecular flexibility index (Phi) is 7.93. The van der Waals surface area contributed by atoms with Crippen molar-refractivity contribution in [3.8, 4) is 11.5 Å². The van der Waals surface area contributed by atoms with Gasteiger partial charge in [-0.3, -0.25) is 4.79 Å². The molecule has 0 saturated heterocycles. The first kappa shape index (κ1) is 19.8. The van der Waals surface area contributed by atoms with Crippen LogP contribution >= 0.6 is 0 Å². The van der Waals surface area contributed by atoms with Crippen LogP contribution in [0, 0.1) is 5.82 Å². The summed E-state index contributed by atoms with van der Waals surface area (Å²) in [5.74, 6) is 0.854. The molecule has 1 atom stereocenters. The lowest BCUT2D eigenvalue weighted by atomic mass is 10.1. The van der Waals surface area contributed by atoms with E-state index in [1.807, 2.05) is 24.3 Å². The van der Waals surface area contributed by atoms with Crippen LogP contribution in [0.2, 0.25) is 0 Å². The van der Waals surface area contributed by atoms with Crippen molar-refractivity contribution in [1.29, 1.82) is 0 Å². The molecule has 0 spiro atoms. The molecule has 0 radical (unpaired) electrons. The molecule has 2 rings (SSSR count). The van der Waals surface area contributed by atoms with Gasteiger partial charge in [0.25, 0.3) is 5.91 Å². The van der Waals surface area contributed by atoms with E-state index in [2.05, 4.69) is 12.2 Å². The minimum atomic E-state index is -0.638. The third kappa shape index (κ3) is 6.39. The highest BCUT2D eigenvalue weighted by Crippen LogP contribution is 2.19. The predicted octanol–water partition coefficient (Wildman–Crippen LogP) is 4.13. The zero-order chi connectivity index (χ0) is 18.8. The molecule has 1 unspecified atom stereocenters. The maximum absolute atomic E-state index is 12.9. The van der Waals surface area contributed by atoms with E-state index in [1.165, 1.54) is 24.3 Å². The zero-order valence-electron chi connectivity index (χ0n) is 15.3. The highest BCUT2D eigenvalue weighted by molar-refractivity contribution is 5.80. The Hall–Kier alpha value is -2.56. The van der Waals surface area contributed by atoms with Gasteiger partial charge in [-0.05, 0) is 62.1 Å². The quantitative estimate of drug-likeness (QED) is 0.649. The number of halogens is 1. The number of carbonyl (C=O) groups excluding carboxylic acids is 1. The van der Waals surface area contributed by atoms with E-state index in [1.54, 1.807) is 6.92 Å². The number of ether oxygens (including phenoxy) is 2. The van der Waals surface area contributed by atoms with Crippen molar-refractivity contribution in [3.63, 3.8) is 0 Å². The topological polar surface area (TPSA) is 47.6 Å². The molecule has 0 saturated carbocycles. The third-order valence-electron chi connectivity index (χ3n) is 3.85. The molecular weight excluding hydrogens is 333 g/mol. The van der Waals surface area contributed by atoms with Gasteiger partial charge in [-0.1, -0.05) is 25.1 Å². The minimum Gasteiger partial charge on any atom is -0.493 e. The molecule has 0 fully saturated rings. The van der Waals surface area contributed by atoms with Gasteiger partial charge in [-0.2, -0.15) is 0 Å². The van der Waals surface area contributed by atoms with E-state index in [0.717, 1.165) is 30.6 Å². The fourth-order valence-electron chi connectivity index (χ4n) is 2.47. The van der Waals surface area contributed by atoms with Crippen molar-refractivity contribution in [2.75, 3.05) is 13.2 Å². The smallest absolute Gasteiger partial charge is 0.260 e. The Morgan fingerprint density at radius 3 is 2.62 bits per heavy atom. The number of rotatable bonds is 10.